The summed E-state index contributed by atoms with van der Waals surface area (Å²) in [6.07, 6.45) is 2.33. The van der Waals surface area contributed by atoms with Crippen LogP contribution in [0.5, 0.6) is 0 Å². The number of guanidine groups is 1. The van der Waals surface area contributed by atoms with Crippen molar-refractivity contribution >= 4 is 15.8 Å². The summed E-state index contributed by atoms with van der Waals surface area (Å²) < 4.78 is 28.9. The molecule has 1 rings (SSSR count). The predicted molar refractivity (Wildman–Crippen MR) is 86.5 cm³/mol. The van der Waals surface area contributed by atoms with E-state index in [1.165, 1.54) is 0 Å². The van der Waals surface area contributed by atoms with Crippen molar-refractivity contribution in [2.45, 2.75) is 51.4 Å². The Bertz CT molecular complexity index is 435. The van der Waals surface area contributed by atoms with Crippen LogP contribution in [0, 0.1) is 0 Å². The molecule has 1 saturated heterocycles. The molecule has 0 aromatic carbocycles. The fourth-order valence-corrected chi connectivity index (χ4v) is 2.92. The highest BCUT2D eigenvalue weighted by molar-refractivity contribution is 7.92. The molecule has 2 N–H and O–H groups in total. The van der Waals surface area contributed by atoms with Gasteiger partial charge in [-0.3, -0.25) is 4.99 Å². The molecule has 0 saturated carbocycles. The smallest absolute Gasteiger partial charge is 0.191 e. The van der Waals surface area contributed by atoms with Crippen molar-refractivity contribution in [3.63, 3.8) is 0 Å². The van der Waals surface area contributed by atoms with Gasteiger partial charge in [-0.2, -0.15) is 0 Å². The maximum atomic E-state index is 12.0. The van der Waals surface area contributed by atoms with Crippen molar-refractivity contribution < 1.29 is 13.2 Å². The molecule has 1 aliphatic heterocycles. The van der Waals surface area contributed by atoms with E-state index in [4.69, 9.17) is 4.74 Å². The summed E-state index contributed by atoms with van der Waals surface area (Å²) in [4.78, 5) is 4.45. The summed E-state index contributed by atoms with van der Waals surface area (Å²) in [5.41, 5.74) is 0. The van der Waals surface area contributed by atoms with Gasteiger partial charge in [0.25, 0.3) is 0 Å². The Labute approximate surface area is 128 Å². The van der Waals surface area contributed by atoms with Crippen molar-refractivity contribution in [2.75, 3.05) is 32.0 Å². The number of hydrogen-bond donors (Lipinski definition) is 2. The molecule has 1 fully saturated rings. The molecule has 6 nitrogen and oxygen atoms in total. The molecule has 0 aromatic heterocycles. The molecule has 1 unspecified atom stereocenters. The standard InChI is InChI=1S/C14H29N3O3S/c1-5-15-13(17-11-12-7-6-9-20-12)16-8-10-21(18,19)14(2,3)4/h12H,5-11H2,1-4H3,(H2,15,16,17). The highest BCUT2D eigenvalue weighted by Gasteiger charge is 2.28. The second kappa shape index (κ2) is 7.98. The lowest BCUT2D eigenvalue weighted by Gasteiger charge is -2.20. The molecular weight excluding hydrogens is 290 g/mol. The van der Waals surface area contributed by atoms with Crippen LogP contribution in [0.1, 0.15) is 40.5 Å². The second-order valence-corrected chi connectivity index (χ2v) is 9.08. The SMILES string of the molecule is CCNC(=NCC1CCCO1)NCCS(=O)(=O)C(C)(C)C. The molecule has 7 heteroatoms. The first-order valence-corrected chi connectivity index (χ1v) is 9.27. The zero-order valence-corrected chi connectivity index (χ0v) is 14.4. The number of hydrogen-bond acceptors (Lipinski definition) is 4. The summed E-state index contributed by atoms with van der Waals surface area (Å²) in [5, 5.41) is 6.20. The van der Waals surface area contributed by atoms with E-state index in [1.54, 1.807) is 20.8 Å². The van der Waals surface area contributed by atoms with Gasteiger partial charge in [-0.15, -0.1) is 0 Å². The lowest BCUT2D eigenvalue weighted by molar-refractivity contribution is 0.117. The third kappa shape index (κ3) is 6.22. The number of ether oxygens (including phenoxy) is 1. The van der Waals surface area contributed by atoms with Gasteiger partial charge in [-0.1, -0.05) is 0 Å². The molecule has 0 radical (unpaired) electrons. The van der Waals surface area contributed by atoms with Crippen LogP contribution in [0.4, 0.5) is 0 Å². The molecule has 21 heavy (non-hydrogen) atoms. The van der Waals surface area contributed by atoms with Crippen molar-refractivity contribution in [2.24, 2.45) is 4.99 Å². The van der Waals surface area contributed by atoms with Gasteiger partial charge in [0.15, 0.2) is 15.8 Å². The number of sulfone groups is 1. The van der Waals surface area contributed by atoms with Crippen LogP contribution in [0.2, 0.25) is 0 Å². The van der Waals surface area contributed by atoms with Crippen LogP contribution in [-0.4, -0.2) is 57.2 Å². The van der Waals surface area contributed by atoms with Crippen molar-refractivity contribution in [3.8, 4) is 0 Å². The molecular formula is C14H29N3O3S. The molecule has 0 aromatic rings. The average Bonchev–Trinajstić information content (AvgIpc) is 2.87. The summed E-state index contributed by atoms with van der Waals surface area (Å²) in [5.74, 6) is 0.748. The zero-order valence-electron chi connectivity index (χ0n) is 13.6. The second-order valence-electron chi connectivity index (χ2n) is 6.21. The minimum atomic E-state index is -3.11. The summed E-state index contributed by atoms with van der Waals surface area (Å²) in [6.45, 7) is 9.67. The lowest BCUT2D eigenvalue weighted by Crippen LogP contribution is -2.42. The Hall–Kier alpha value is -0.820. The van der Waals surface area contributed by atoms with Crippen LogP contribution in [0.25, 0.3) is 0 Å². The van der Waals surface area contributed by atoms with E-state index in [0.717, 1.165) is 26.0 Å². The van der Waals surface area contributed by atoms with Gasteiger partial charge in [0.2, 0.25) is 0 Å². The Morgan fingerprint density at radius 1 is 1.33 bits per heavy atom. The monoisotopic (exact) mass is 319 g/mol. The van der Waals surface area contributed by atoms with Crippen LogP contribution >= 0.6 is 0 Å². The zero-order chi connectivity index (χ0) is 15.9. The number of aliphatic imine (C=N–C) groups is 1. The Balaban J connectivity index is 2.45. The van der Waals surface area contributed by atoms with E-state index < -0.39 is 14.6 Å². The third-order valence-electron chi connectivity index (χ3n) is 3.42. The maximum absolute atomic E-state index is 12.0. The van der Waals surface area contributed by atoms with Gasteiger partial charge in [0.05, 0.1) is 23.1 Å². The van der Waals surface area contributed by atoms with Crippen molar-refractivity contribution in [3.05, 3.63) is 0 Å². The van der Waals surface area contributed by atoms with E-state index in [0.29, 0.717) is 19.0 Å². The fourth-order valence-electron chi connectivity index (χ4n) is 1.93. The van der Waals surface area contributed by atoms with Gasteiger partial charge >= 0.3 is 0 Å². The molecule has 124 valence electrons. The summed E-state index contributed by atoms with van der Waals surface area (Å²) >= 11 is 0. The van der Waals surface area contributed by atoms with Crippen LogP contribution in [0.15, 0.2) is 4.99 Å². The Kier molecular flexibility index (Phi) is 6.93. The van der Waals surface area contributed by atoms with Crippen LogP contribution in [0.3, 0.4) is 0 Å². The fraction of sp³-hybridized carbons (Fsp3) is 0.929. The van der Waals surface area contributed by atoms with E-state index in [1.807, 2.05) is 6.92 Å². The normalized spacial score (nSPS) is 20.6. The van der Waals surface area contributed by atoms with Crippen LogP contribution in [-0.2, 0) is 14.6 Å². The molecule has 0 bridgehead atoms. The van der Waals surface area contributed by atoms with E-state index in [9.17, 15) is 8.42 Å². The Morgan fingerprint density at radius 3 is 2.57 bits per heavy atom. The number of rotatable bonds is 6. The van der Waals surface area contributed by atoms with Gasteiger partial charge in [-0.25, -0.2) is 8.42 Å². The first-order valence-electron chi connectivity index (χ1n) is 7.62. The predicted octanol–water partition coefficient (Wildman–Crippen LogP) is 0.934. The first-order chi connectivity index (χ1) is 9.76. The first kappa shape index (κ1) is 18.2. The number of nitrogens with one attached hydrogen (secondary N) is 2. The maximum Gasteiger partial charge on any atom is 0.191 e. The van der Waals surface area contributed by atoms with Crippen molar-refractivity contribution in [1.82, 2.24) is 10.6 Å². The van der Waals surface area contributed by atoms with Gasteiger partial charge in [0.1, 0.15) is 0 Å². The molecule has 0 spiro atoms. The largest absolute Gasteiger partial charge is 0.376 e. The van der Waals surface area contributed by atoms with Crippen LogP contribution < -0.4 is 10.6 Å². The molecule has 0 aliphatic carbocycles. The Morgan fingerprint density at radius 2 is 2.05 bits per heavy atom. The molecule has 1 atom stereocenters. The minimum absolute atomic E-state index is 0.0981. The molecule has 0 amide bonds. The summed E-state index contributed by atoms with van der Waals surface area (Å²) in [6, 6.07) is 0. The highest BCUT2D eigenvalue weighted by atomic mass is 32.2. The van der Waals surface area contributed by atoms with E-state index in [2.05, 4.69) is 15.6 Å². The van der Waals surface area contributed by atoms with Gasteiger partial charge < -0.3 is 15.4 Å². The van der Waals surface area contributed by atoms with Gasteiger partial charge in [0, 0.05) is 19.7 Å². The quantitative estimate of drug-likeness (QED) is 0.562. The van der Waals surface area contributed by atoms with E-state index >= 15 is 0 Å². The topological polar surface area (TPSA) is 79.8 Å². The highest BCUT2D eigenvalue weighted by Crippen LogP contribution is 2.15. The van der Waals surface area contributed by atoms with E-state index in [-0.39, 0.29) is 11.9 Å². The van der Waals surface area contributed by atoms with Crippen molar-refractivity contribution in [1.29, 1.82) is 0 Å². The number of nitrogens with zero attached hydrogens (tertiary/aromatic N) is 1. The average molecular weight is 319 g/mol. The summed E-state index contributed by atoms with van der Waals surface area (Å²) in [7, 11) is -3.11. The molecule has 1 aliphatic rings. The lowest BCUT2D eigenvalue weighted by atomic mass is 10.2. The molecule has 1 heterocycles. The minimum Gasteiger partial charge on any atom is -0.376 e. The van der Waals surface area contributed by atoms with Gasteiger partial charge in [-0.05, 0) is 40.5 Å². The third-order valence-corrected chi connectivity index (χ3v) is 6.03.